The highest BCUT2D eigenvalue weighted by Crippen LogP contribution is 2.38. The Morgan fingerprint density at radius 2 is 2.11 bits per heavy atom. The lowest BCUT2D eigenvalue weighted by molar-refractivity contribution is -0.384. The fraction of sp³-hybridized carbons (Fsp3) is 0.111. The fourth-order valence-electron chi connectivity index (χ4n) is 2.50. The number of hydrogen-bond acceptors (Lipinski definition) is 6. The molecule has 0 spiro atoms. The maximum Gasteiger partial charge on any atom is 0.271 e. The summed E-state index contributed by atoms with van der Waals surface area (Å²) in [5, 5.41) is 11.0. The van der Waals surface area contributed by atoms with Crippen LogP contribution in [0.2, 0.25) is 0 Å². The van der Waals surface area contributed by atoms with Crippen LogP contribution < -0.4 is 9.64 Å². The first kappa shape index (κ1) is 19.5. The molecular weight excluding hydrogens is 452 g/mol. The van der Waals surface area contributed by atoms with Gasteiger partial charge in [-0.1, -0.05) is 46.0 Å². The first-order chi connectivity index (χ1) is 12.9. The summed E-state index contributed by atoms with van der Waals surface area (Å²) in [5.41, 5.74) is 1.01. The van der Waals surface area contributed by atoms with Crippen LogP contribution in [-0.2, 0) is 4.79 Å². The molecule has 0 bridgehead atoms. The van der Waals surface area contributed by atoms with E-state index in [0.29, 0.717) is 27.3 Å². The number of carbonyl (C=O) groups excluding carboxylic acids is 1. The number of rotatable bonds is 5. The lowest BCUT2D eigenvalue weighted by Gasteiger charge is -2.14. The van der Waals surface area contributed by atoms with Crippen molar-refractivity contribution >= 4 is 67.6 Å². The zero-order valence-corrected chi connectivity index (χ0v) is 17.3. The van der Waals surface area contributed by atoms with Gasteiger partial charge in [0, 0.05) is 22.2 Å². The van der Waals surface area contributed by atoms with Crippen LogP contribution in [0, 0.1) is 10.1 Å². The highest BCUT2D eigenvalue weighted by Gasteiger charge is 2.34. The third-order valence-corrected chi connectivity index (χ3v) is 5.45. The molecule has 6 nitrogen and oxygen atoms in total. The second-order valence-corrected chi connectivity index (χ2v) is 8.00. The van der Waals surface area contributed by atoms with Crippen molar-refractivity contribution in [1.82, 2.24) is 0 Å². The van der Waals surface area contributed by atoms with E-state index in [2.05, 4.69) is 15.9 Å². The summed E-state index contributed by atoms with van der Waals surface area (Å²) in [6.07, 6.45) is 1.71. The summed E-state index contributed by atoms with van der Waals surface area (Å²) in [6, 6.07) is 11.4. The first-order valence-corrected chi connectivity index (χ1v) is 9.87. The van der Waals surface area contributed by atoms with Gasteiger partial charge in [0.1, 0.15) is 5.75 Å². The van der Waals surface area contributed by atoms with Gasteiger partial charge in [0.25, 0.3) is 11.6 Å². The topological polar surface area (TPSA) is 72.7 Å². The van der Waals surface area contributed by atoms with Crippen molar-refractivity contribution in [2.75, 3.05) is 11.5 Å². The average molecular weight is 465 g/mol. The second-order valence-electron chi connectivity index (χ2n) is 5.41. The average Bonchev–Trinajstić information content (AvgIpc) is 2.91. The predicted molar refractivity (Wildman–Crippen MR) is 114 cm³/mol. The Balaban J connectivity index is 1.97. The van der Waals surface area contributed by atoms with E-state index in [9.17, 15) is 14.9 Å². The molecule has 0 atom stereocenters. The molecule has 1 amide bonds. The number of anilines is 1. The molecule has 9 heteroatoms. The van der Waals surface area contributed by atoms with Gasteiger partial charge in [-0.3, -0.25) is 19.8 Å². The molecule has 0 saturated carbocycles. The molecule has 1 fully saturated rings. The summed E-state index contributed by atoms with van der Waals surface area (Å²) < 4.78 is 6.78. The van der Waals surface area contributed by atoms with Crippen LogP contribution in [0.4, 0.5) is 11.4 Å². The van der Waals surface area contributed by atoms with Crippen LogP contribution in [0.15, 0.2) is 51.8 Å². The van der Waals surface area contributed by atoms with Crippen molar-refractivity contribution in [3.8, 4) is 5.75 Å². The Bertz CT molecular complexity index is 978. The van der Waals surface area contributed by atoms with E-state index < -0.39 is 4.92 Å². The minimum Gasteiger partial charge on any atom is -0.493 e. The smallest absolute Gasteiger partial charge is 0.271 e. The molecule has 2 aromatic rings. The number of halogens is 1. The standard InChI is InChI=1S/C18H13BrN2O4S2/c1-2-25-15-7-6-12(19)8-11(15)9-16-17(22)20(18(26)27-16)13-4-3-5-14(10-13)21(23)24/h3-10H,2H2,1H3/b16-9-. The summed E-state index contributed by atoms with van der Waals surface area (Å²) in [7, 11) is 0. The molecule has 2 aromatic carbocycles. The number of amides is 1. The molecule has 0 radical (unpaired) electrons. The summed E-state index contributed by atoms with van der Waals surface area (Å²) in [6.45, 7) is 2.38. The molecule has 138 valence electrons. The third-order valence-electron chi connectivity index (χ3n) is 3.65. The summed E-state index contributed by atoms with van der Waals surface area (Å²) in [5.74, 6) is 0.328. The molecular formula is C18H13BrN2O4S2. The number of ether oxygens (including phenoxy) is 1. The maximum atomic E-state index is 12.9. The van der Waals surface area contributed by atoms with Crippen molar-refractivity contribution in [2.45, 2.75) is 6.92 Å². The van der Waals surface area contributed by atoms with Gasteiger partial charge >= 0.3 is 0 Å². The molecule has 1 aliphatic rings. The fourth-order valence-corrected chi connectivity index (χ4v) is 4.16. The Kier molecular flexibility index (Phi) is 5.93. The van der Waals surface area contributed by atoms with Gasteiger partial charge in [0.05, 0.1) is 22.1 Å². The van der Waals surface area contributed by atoms with Crippen molar-refractivity contribution < 1.29 is 14.5 Å². The quantitative estimate of drug-likeness (QED) is 0.263. The number of hydrogen-bond donors (Lipinski definition) is 0. The molecule has 1 aliphatic heterocycles. The van der Waals surface area contributed by atoms with Crippen molar-refractivity contribution in [1.29, 1.82) is 0 Å². The monoisotopic (exact) mass is 464 g/mol. The van der Waals surface area contributed by atoms with E-state index >= 15 is 0 Å². The molecule has 0 aromatic heterocycles. The van der Waals surface area contributed by atoms with Gasteiger partial charge in [-0.15, -0.1) is 0 Å². The number of nitro benzene ring substituents is 1. The molecule has 27 heavy (non-hydrogen) atoms. The van der Waals surface area contributed by atoms with Crippen LogP contribution in [0.5, 0.6) is 5.75 Å². The number of thioether (sulfide) groups is 1. The normalized spacial score (nSPS) is 15.5. The molecule has 1 heterocycles. The number of carbonyl (C=O) groups is 1. The number of benzene rings is 2. The van der Waals surface area contributed by atoms with Crippen LogP contribution in [0.1, 0.15) is 12.5 Å². The molecule has 0 unspecified atom stereocenters. The predicted octanol–water partition coefficient (Wildman–Crippen LogP) is 5.16. The lowest BCUT2D eigenvalue weighted by atomic mass is 10.2. The second kappa shape index (κ2) is 8.20. The van der Waals surface area contributed by atoms with Crippen LogP contribution in [0.3, 0.4) is 0 Å². The van der Waals surface area contributed by atoms with Crippen LogP contribution in [-0.4, -0.2) is 21.8 Å². The highest BCUT2D eigenvalue weighted by molar-refractivity contribution is 9.10. The van der Waals surface area contributed by atoms with Crippen molar-refractivity contribution in [3.05, 3.63) is 67.5 Å². The minimum absolute atomic E-state index is 0.101. The minimum atomic E-state index is -0.507. The number of thiocarbonyl (C=S) groups is 1. The van der Waals surface area contributed by atoms with E-state index in [0.717, 1.165) is 21.8 Å². The molecule has 0 N–H and O–H groups in total. The Morgan fingerprint density at radius 3 is 2.81 bits per heavy atom. The molecule has 0 aliphatic carbocycles. The van der Waals surface area contributed by atoms with Gasteiger partial charge in [-0.25, -0.2) is 0 Å². The van der Waals surface area contributed by atoms with Gasteiger partial charge in [0.2, 0.25) is 0 Å². The van der Waals surface area contributed by atoms with Crippen molar-refractivity contribution in [3.63, 3.8) is 0 Å². The summed E-state index contributed by atoms with van der Waals surface area (Å²) in [4.78, 5) is 25.1. The van der Waals surface area contributed by atoms with Gasteiger partial charge in [0.15, 0.2) is 4.32 Å². The Morgan fingerprint density at radius 1 is 1.33 bits per heavy atom. The van der Waals surface area contributed by atoms with E-state index in [1.165, 1.54) is 23.1 Å². The van der Waals surface area contributed by atoms with Gasteiger partial charge < -0.3 is 4.74 Å². The Labute approximate surface area is 173 Å². The number of non-ortho nitro benzene ring substituents is 1. The first-order valence-electron chi connectivity index (χ1n) is 7.85. The zero-order chi connectivity index (χ0) is 19.6. The largest absolute Gasteiger partial charge is 0.493 e. The lowest BCUT2D eigenvalue weighted by Crippen LogP contribution is -2.27. The number of nitrogens with zero attached hydrogens (tertiary/aromatic N) is 2. The van der Waals surface area contributed by atoms with E-state index in [-0.39, 0.29) is 11.6 Å². The van der Waals surface area contributed by atoms with Crippen molar-refractivity contribution in [2.24, 2.45) is 0 Å². The highest BCUT2D eigenvalue weighted by atomic mass is 79.9. The van der Waals surface area contributed by atoms with E-state index in [4.69, 9.17) is 17.0 Å². The summed E-state index contributed by atoms with van der Waals surface area (Å²) >= 11 is 9.89. The van der Waals surface area contributed by atoms with E-state index in [1.54, 1.807) is 12.1 Å². The molecule has 1 saturated heterocycles. The zero-order valence-electron chi connectivity index (χ0n) is 14.0. The van der Waals surface area contributed by atoms with Gasteiger partial charge in [-0.2, -0.15) is 0 Å². The Hall–Kier alpha value is -2.23. The SMILES string of the molecule is CCOc1ccc(Br)cc1/C=C1\SC(=S)N(c2cccc([N+](=O)[O-])c2)C1=O. The molecule has 3 rings (SSSR count). The van der Waals surface area contributed by atoms with Crippen LogP contribution >= 0.6 is 39.9 Å². The third kappa shape index (κ3) is 4.20. The van der Waals surface area contributed by atoms with Gasteiger partial charge in [-0.05, 0) is 37.3 Å². The van der Waals surface area contributed by atoms with E-state index in [1.807, 2.05) is 25.1 Å². The maximum absolute atomic E-state index is 12.9. The van der Waals surface area contributed by atoms with Crippen LogP contribution in [0.25, 0.3) is 6.08 Å². The number of nitro groups is 1.